The van der Waals surface area contributed by atoms with Gasteiger partial charge >= 0.3 is 5.97 Å². The van der Waals surface area contributed by atoms with E-state index in [9.17, 15) is 14.4 Å². The molecule has 0 radical (unpaired) electrons. The molecule has 2 rings (SSSR count). The zero-order valence-corrected chi connectivity index (χ0v) is 10.4. The van der Waals surface area contributed by atoms with Crippen LogP contribution in [0.25, 0.3) is 0 Å². The van der Waals surface area contributed by atoms with Crippen LogP contribution in [-0.2, 0) is 9.59 Å². The molecule has 0 aromatic heterocycles. The van der Waals surface area contributed by atoms with Crippen LogP contribution in [0.4, 0.5) is 11.4 Å². The average Bonchev–Trinajstić information content (AvgIpc) is 2.29. The standard InChI is InChI=1S/C13H14N2O4/c1-7-4-11(16)15(12(17)5-7)10-3-2-8(14)6-9(10)13(18)19/h2-3,6-7H,4-5,14H2,1H3,(H,18,19). The van der Waals surface area contributed by atoms with Crippen LogP contribution in [0.5, 0.6) is 0 Å². The van der Waals surface area contributed by atoms with E-state index in [1.807, 2.05) is 6.92 Å². The van der Waals surface area contributed by atoms with E-state index in [2.05, 4.69) is 0 Å². The van der Waals surface area contributed by atoms with Crippen LogP contribution >= 0.6 is 0 Å². The molecule has 3 N–H and O–H groups in total. The number of carbonyl (C=O) groups is 3. The van der Waals surface area contributed by atoms with Gasteiger partial charge in [-0.1, -0.05) is 6.92 Å². The number of amides is 2. The summed E-state index contributed by atoms with van der Waals surface area (Å²) in [5.74, 6) is -1.99. The van der Waals surface area contributed by atoms with Crippen molar-refractivity contribution in [3.05, 3.63) is 23.8 Å². The molecule has 19 heavy (non-hydrogen) atoms. The van der Waals surface area contributed by atoms with Crippen LogP contribution < -0.4 is 10.6 Å². The highest BCUT2D eigenvalue weighted by atomic mass is 16.4. The smallest absolute Gasteiger partial charge is 0.337 e. The molecule has 0 saturated carbocycles. The Balaban J connectivity index is 2.49. The van der Waals surface area contributed by atoms with E-state index in [4.69, 9.17) is 10.8 Å². The Kier molecular flexibility index (Phi) is 3.25. The van der Waals surface area contributed by atoms with E-state index in [0.717, 1.165) is 4.90 Å². The molecule has 0 atom stereocenters. The average molecular weight is 262 g/mol. The van der Waals surface area contributed by atoms with Gasteiger partial charge in [0.2, 0.25) is 11.8 Å². The normalized spacial score (nSPS) is 16.8. The van der Waals surface area contributed by atoms with Crippen LogP contribution in [0.15, 0.2) is 18.2 Å². The van der Waals surface area contributed by atoms with E-state index in [1.165, 1.54) is 18.2 Å². The van der Waals surface area contributed by atoms with Gasteiger partial charge in [-0.25, -0.2) is 9.69 Å². The Morgan fingerprint density at radius 2 is 1.89 bits per heavy atom. The summed E-state index contributed by atoms with van der Waals surface area (Å²) in [6, 6.07) is 4.11. The number of nitrogens with zero attached hydrogens (tertiary/aromatic N) is 1. The monoisotopic (exact) mass is 262 g/mol. The van der Waals surface area contributed by atoms with Crippen molar-refractivity contribution in [1.82, 2.24) is 0 Å². The Hall–Kier alpha value is -2.37. The minimum atomic E-state index is -1.22. The van der Waals surface area contributed by atoms with Gasteiger partial charge in [0, 0.05) is 18.5 Å². The molecule has 6 heteroatoms. The zero-order valence-electron chi connectivity index (χ0n) is 10.4. The second-order valence-corrected chi connectivity index (χ2v) is 4.72. The third-order valence-corrected chi connectivity index (χ3v) is 3.04. The molecule has 1 fully saturated rings. The number of carboxylic acid groups (broad SMARTS) is 1. The first-order valence-electron chi connectivity index (χ1n) is 5.88. The number of nitrogen functional groups attached to an aromatic ring is 1. The molecule has 0 unspecified atom stereocenters. The predicted octanol–water partition coefficient (Wildman–Crippen LogP) is 1.26. The quantitative estimate of drug-likeness (QED) is 0.617. The first-order valence-corrected chi connectivity index (χ1v) is 5.88. The number of carbonyl (C=O) groups excluding carboxylic acids is 2. The number of hydrogen-bond acceptors (Lipinski definition) is 4. The maximum atomic E-state index is 12.0. The maximum Gasteiger partial charge on any atom is 0.337 e. The molecule has 100 valence electrons. The van der Waals surface area contributed by atoms with Crippen LogP contribution in [0.3, 0.4) is 0 Å². The largest absolute Gasteiger partial charge is 0.478 e. The number of nitrogens with two attached hydrogens (primary N) is 1. The number of piperidine rings is 1. The Bertz CT molecular complexity index is 550. The highest BCUT2D eigenvalue weighted by Gasteiger charge is 2.33. The highest BCUT2D eigenvalue weighted by Crippen LogP contribution is 2.29. The molecule has 0 aliphatic carbocycles. The predicted molar refractivity (Wildman–Crippen MR) is 68.7 cm³/mol. The number of aromatic carboxylic acids is 1. The first-order chi connectivity index (χ1) is 8.90. The molecule has 2 amide bonds. The Labute approximate surface area is 109 Å². The summed E-state index contributed by atoms with van der Waals surface area (Å²) in [7, 11) is 0. The van der Waals surface area contributed by atoms with Gasteiger partial charge in [-0.3, -0.25) is 9.59 Å². The van der Waals surface area contributed by atoms with Crippen molar-refractivity contribution in [3.63, 3.8) is 0 Å². The van der Waals surface area contributed by atoms with E-state index in [1.54, 1.807) is 0 Å². The lowest BCUT2D eigenvalue weighted by Gasteiger charge is -2.29. The molecular weight excluding hydrogens is 248 g/mol. The third kappa shape index (κ3) is 2.42. The second-order valence-electron chi connectivity index (χ2n) is 4.72. The summed E-state index contributed by atoms with van der Waals surface area (Å²) >= 11 is 0. The molecule has 6 nitrogen and oxygen atoms in total. The van der Waals surface area contributed by atoms with E-state index in [-0.39, 0.29) is 47.5 Å². The van der Waals surface area contributed by atoms with Crippen molar-refractivity contribution < 1.29 is 19.5 Å². The van der Waals surface area contributed by atoms with Crippen molar-refractivity contribution in [3.8, 4) is 0 Å². The molecule has 1 saturated heterocycles. The Morgan fingerprint density at radius 1 is 1.32 bits per heavy atom. The van der Waals surface area contributed by atoms with Gasteiger partial charge in [-0.15, -0.1) is 0 Å². The zero-order chi connectivity index (χ0) is 14.2. The molecule has 1 heterocycles. The summed E-state index contributed by atoms with van der Waals surface area (Å²) in [6.07, 6.45) is 0.463. The van der Waals surface area contributed by atoms with Crippen LogP contribution in [0.2, 0.25) is 0 Å². The van der Waals surface area contributed by atoms with E-state index >= 15 is 0 Å². The number of anilines is 2. The lowest BCUT2D eigenvalue weighted by molar-refractivity contribution is -0.130. The summed E-state index contributed by atoms with van der Waals surface area (Å²) in [6.45, 7) is 1.81. The van der Waals surface area contributed by atoms with Gasteiger partial charge in [-0.05, 0) is 24.1 Å². The SMILES string of the molecule is CC1CC(=O)N(c2ccc(N)cc2C(=O)O)C(=O)C1. The first kappa shape index (κ1) is 13.1. The lowest BCUT2D eigenvalue weighted by Crippen LogP contribution is -2.43. The molecule has 1 aromatic rings. The van der Waals surface area contributed by atoms with Gasteiger partial charge in [0.15, 0.2) is 0 Å². The number of hydrogen-bond donors (Lipinski definition) is 2. The fraction of sp³-hybridized carbons (Fsp3) is 0.308. The van der Waals surface area contributed by atoms with Crippen LogP contribution in [0.1, 0.15) is 30.1 Å². The fourth-order valence-electron chi connectivity index (χ4n) is 2.18. The van der Waals surface area contributed by atoms with Gasteiger partial charge < -0.3 is 10.8 Å². The third-order valence-electron chi connectivity index (χ3n) is 3.04. The topological polar surface area (TPSA) is 101 Å². The summed E-state index contributed by atoms with van der Waals surface area (Å²) in [4.78, 5) is 36.0. The minimum absolute atomic E-state index is 0.0155. The molecule has 0 spiro atoms. The van der Waals surface area contributed by atoms with Gasteiger partial charge in [0.25, 0.3) is 0 Å². The van der Waals surface area contributed by atoms with Crippen molar-refractivity contribution in [1.29, 1.82) is 0 Å². The van der Waals surface area contributed by atoms with Gasteiger partial charge in [0.1, 0.15) is 0 Å². The molecule has 1 aromatic carbocycles. The van der Waals surface area contributed by atoms with E-state index < -0.39 is 5.97 Å². The fourth-order valence-corrected chi connectivity index (χ4v) is 2.18. The van der Waals surface area contributed by atoms with Crippen molar-refractivity contribution in [2.24, 2.45) is 5.92 Å². The summed E-state index contributed by atoms with van der Waals surface area (Å²) in [5, 5.41) is 9.14. The molecular formula is C13H14N2O4. The van der Waals surface area contributed by atoms with Crippen LogP contribution in [0, 0.1) is 5.92 Å². The number of benzene rings is 1. The minimum Gasteiger partial charge on any atom is -0.478 e. The molecule has 1 aliphatic heterocycles. The molecule has 0 bridgehead atoms. The summed E-state index contributed by atoms with van der Waals surface area (Å²) in [5.41, 5.74) is 5.75. The number of carboxylic acids is 1. The summed E-state index contributed by atoms with van der Waals surface area (Å²) < 4.78 is 0. The highest BCUT2D eigenvalue weighted by molar-refractivity contribution is 6.19. The van der Waals surface area contributed by atoms with Gasteiger partial charge in [-0.2, -0.15) is 0 Å². The lowest BCUT2D eigenvalue weighted by atomic mass is 9.96. The van der Waals surface area contributed by atoms with Crippen molar-refractivity contribution >= 4 is 29.2 Å². The Morgan fingerprint density at radius 3 is 2.42 bits per heavy atom. The van der Waals surface area contributed by atoms with Gasteiger partial charge in [0.05, 0.1) is 11.3 Å². The number of rotatable bonds is 2. The number of imide groups is 1. The van der Waals surface area contributed by atoms with Crippen molar-refractivity contribution in [2.75, 3.05) is 10.6 Å². The van der Waals surface area contributed by atoms with Crippen molar-refractivity contribution in [2.45, 2.75) is 19.8 Å². The maximum absolute atomic E-state index is 12.0. The van der Waals surface area contributed by atoms with E-state index in [0.29, 0.717) is 0 Å². The van der Waals surface area contributed by atoms with Crippen LogP contribution in [-0.4, -0.2) is 22.9 Å². The molecule has 1 aliphatic rings. The second kappa shape index (κ2) is 4.72.